The fourth-order valence-electron chi connectivity index (χ4n) is 1.86. The van der Waals surface area contributed by atoms with Gasteiger partial charge in [-0.25, -0.2) is 9.98 Å². The molecule has 1 aromatic heterocycles. The molecular formula is C16H17F3N4O2. The fourth-order valence-corrected chi connectivity index (χ4v) is 1.86. The van der Waals surface area contributed by atoms with E-state index in [-0.39, 0.29) is 11.7 Å². The number of halogens is 3. The first-order valence-corrected chi connectivity index (χ1v) is 7.23. The number of hydrogen-bond donors (Lipinski definition) is 2. The molecule has 9 heteroatoms. The lowest BCUT2D eigenvalue weighted by Gasteiger charge is -2.10. The molecule has 0 atom stereocenters. The normalized spacial score (nSPS) is 11.9. The smallest absolute Gasteiger partial charge is 0.481 e. The number of ether oxygens (including phenoxy) is 2. The highest BCUT2D eigenvalue weighted by atomic mass is 19.4. The van der Waals surface area contributed by atoms with E-state index in [2.05, 4.69) is 20.0 Å². The van der Waals surface area contributed by atoms with Gasteiger partial charge in [-0.3, -0.25) is 0 Å². The molecule has 0 bridgehead atoms. The van der Waals surface area contributed by atoms with Crippen LogP contribution < -0.4 is 20.5 Å². The maximum Gasteiger partial charge on any atom is 0.573 e. The van der Waals surface area contributed by atoms with E-state index >= 15 is 0 Å². The predicted octanol–water partition coefficient (Wildman–Crippen LogP) is 2.59. The number of methoxy groups -OCH3 is 1. The van der Waals surface area contributed by atoms with Crippen LogP contribution in [0.25, 0.3) is 0 Å². The van der Waals surface area contributed by atoms with Crippen molar-refractivity contribution in [3.8, 4) is 11.6 Å². The molecule has 0 saturated carbocycles. The van der Waals surface area contributed by atoms with Crippen LogP contribution in [-0.2, 0) is 13.1 Å². The largest absolute Gasteiger partial charge is 0.573 e. The number of hydrogen-bond acceptors (Lipinski definition) is 4. The minimum atomic E-state index is -4.70. The van der Waals surface area contributed by atoms with E-state index in [1.807, 2.05) is 6.07 Å². The summed E-state index contributed by atoms with van der Waals surface area (Å²) in [5.41, 5.74) is 7.35. The first kappa shape index (κ1) is 18.4. The van der Waals surface area contributed by atoms with Crippen molar-refractivity contribution >= 4 is 5.96 Å². The Hall–Kier alpha value is -2.97. The van der Waals surface area contributed by atoms with Gasteiger partial charge in [-0.15, -0.1) is 13.2 Å². The number of aliphatic imine (C=N–C) groups is 1. The van der Waals surface area contributed by atoms with E-state index in [0.29, 0.717) is 19.0 Å². The van der Waals surface area contributed by atoms with Crippen LogP contribution >= 0.6 is 0 Å². The molecule has 0 unspecified atom stereocenters. The molecule has 0 radical (unpaired) electrons. The fraction of sp³-hybridized carbons (Fsp3) is 0.250. The van der Waals surface area contributed by atoms with Gasteiger partial charge in [0.15, 0.2) is 5.96 Å². The van der Waals surface area contributed by atoms with Gasteiger partial charge < -0.3 is 20.5 Å². The van der Waals surface area contributed by atoms with Gasteiger partial charge in [0.2, 0.25) is 5.88 Å². The summed E-state index contributed by atoms with van der Waals surface area (Å²) in [6, 6.07) is 9.03. The maximum atomic E-state index is 12.1. The molecular weight excluding hydrogens is 337 g/mol. The van der Waals surface area contributed by atoms with Crippen LogP contribution in [0, 0.1) is 0 Å². The van der Waals surface area contributed by atoms with Crippen LogP contribution in [0.4, 0.5) is 13.2 Å². The molecule has 25 heavy (non-hydrogen) atoms. The van der Waals surface area contributed by atoms with Gasteiger partial charge in [0.25, 0.3) is 0 Å². The van der Waals surface area contributed by atoms with Crippen LogP contribution in [-0.4, -0.2) is 24.4 Å². The molecule has 3 N–H and O–H groups in total. The molecule has 0 aliphatic carbocycles. The highest BCUT2D eigenvalue weighted by Crippen LogP contribution is 2.22. The van der Waals surface area contributed by atoms with Gasteiger partial charge in [-0.05, 0) is 23.3 Å². The van der Waals surface area contributed by atoms with E-state index < -0.39 is 6.36 Å². The van der Waals surface area contributed by atoms with Crippen LogP contribution in [0.1, 0.15) is 11.1 Å². The molecule has 0 spiro atoms. The lowest BCUT2D eigenvalue weighted by Crippen LogP contribution is -2.31. The monoisotopic (exact) mass is 354 g/mol. The Kier molecular flexibility index (Phi) is 6.04. The Morgan fingerprint density at radius 1 is 1.16 bits per heavy atom. The second-order valence-corrected chi connectivity index (χ2v) is 4.96. The second kappa shape index (κ2) is 8.22. The van der Waals surface area contributed by atoms with Crippen molar-refractivity contribution in [1.82, 2.24) is 10.3 Å². The Morgan fingerprint density at radius 3 is 2.40 bits per heavy atom. The summed E-state index contributed by atoms with van der Waals surface area (Å²) in [6.45, 7) is 0.663. The number of nitrogens with two attached hydrogens (primary N) is 1. The SMILES string of the molecule is COc1ccc(CN=C(N)NCc2ccc(OC(F)(F)F)cc2)cn1. The van der Waals surface area contributed by atoms with Gasteiger partial charge in [0, 0.05) is 18.8 Å². The molecule has 0 aliphatic rings. The minimum Gasteiger partial charge on any atom is -0.481 e. The topological polar surface area (TPSA) is 81.8 Å². The number of guanidine groups is 1. The predicted molar refractivity (Wildman–Crippen MR) is 86.1 cm³/mol. The van der Waals surface area contributed by atoms with Crippen molar-refractivity contribution in [3.05, 3.63) is 53.7 Å². The highest BCUT2D eigenvalue weighted by Gasteiger charge is 2.30. The molecule has 2 aromatic rings. The molecule has 1 heterocycles. The third kappa shape index (κ3) is 6.58. The van der Waals surface area contributed by atoms with E-state index in [4.69, 9.17) is 10.5 Å². The first-order chi connectivity index (χ1) is 11.9. The Bertz CT molecular complexity index is 701. The van der Waals surface area contributed by atoms with Gasteiger partial charge >= 0.3 is 6.36 Å². The van der Waals surface area contributed by atoms with Crippen molar-refractivity contribution in [2.75, 3.05) is 7.11 Å². The standard InChI is InChI=1S/C16H17F3N4O2/c1-24-14-7-4-12(9-21-14)10-23-15(20)22-8-11-2-5-13(6-3-11)25-16(17,18)19/h2-7,9H,8,10H2,1H3,(H3,20,22,23). The van der Waals surface area contributed by atoms with Crippen LogP contribution in [0.15, 0.2) is 47.6 Å². The third-order valence-electron chi connectivity index (χ3n) is 3.07. The maximum absolute atomic E-state index is 12.1. The Labute approximate surface area is 142 Å². The van der Waals surface area contributed by atoms with Crippen LogP contribution in [0.5, 0.6) is 11.6 Å². The van der Waals surface area contributed by atoms with E-state index in [1.165, 1.54) is 31.4 Å². The zero-order chi connectivity index (χ0) is 18.3. The summed E-state index contributed by atoms with van der Waals surface area (Å²) < 4.78 is 45.0. The molecule has 134 valence electrons. The molecule has 0 saturated heterocycles. The third-order valence-corrected chi connectivity index (χ3v) is 3.07. The number of alkyl halides is 3. The molecule has 6 nitrogen and oxygen atoms in total. The van der Waals surface area contributed by atoms with E-state index in [9.17, 15) is 13.2 Å². The van der Waals surface area contributed by atoms with Gasteiger partial charge in [0.05, 0.1) is 13.7 Å². The van der Waals surface area contributed by atoms with Crippen molar-refractivity contribution in [3.63, 3.8) is 0 Å². The number of pyridine rings is 1. The number of nitrogens with one attached hydrogen (secondary N) is 1. The van der Waals surface area contributed by atoms with Gasteiger partial charge in [-0.1, -0.05) is 18.2 Å². The number of aromatic nitrogens is 1. The van der Waals surface area contributed by atoms with E-state index in [0.717, 1.165) is 11.1 Å². The molecule has 2 rings (SSSR count). The number of nitrogens with zero attached hydrogens (tertiary/aromatic N) is 2. The summed E-state index contributed by atoms with van der Waals surface area (Å²) in [5, 5.41) is 2.88. The molecule has 0 fully saturated rings. The zero-order valence-corrected chi connectivity index (χ0v) is 13.4. The lowest BCUT2D eigenvalue weighted by molar-refractivity contribution is -0.274. The Balaban J connectivity index is 1.83. The average molecular weight is 354 g/mol. The van der Waals surface area contributed by atoms with Crippen LogP contribution in [0.2, 0.25) is 0 Å². The molecule has 1 aromatic carbocycles. The first-order valence-electron chi connectivity index (χ1n) is 7.23. The summed E-state index contributed by atoms with van der Waals surface area (Å²) in [7, 11) is 1.53. The zero-order valence-electron chi connectivity index (χ0n) is 13.4. The molecule has 0 amide bonds. The van der Waals surface area contributed by atoms with Crippen molar-refractivity contribution < 1.29 is 22.6 Å². The van der Waals surface area contributed by atoms with Gasteiger partial charge in [-0.2, -0.15) is 0 Å². The molecule has 0 aliphatic heterocycles. The van der Waals surface area contributed by atoms with Crippen molar-refractivity contribution in [2.24, 2.45) is 10.7 Å². The summed E-state index contributed by atoms with van der Waals surface area (Å²) >= 11 is 0. The number of benzene rings is 1. The summed E-state index contributed by atoms with van der Waals surface area (Å²) in [6.07, 6.45) is -3.07. The van der Waals surface area contributed by atoms with E-state index in [1.54, 1.807) is 12.3 Å². The average Bonchev–Trinajstić information content (AvgIpc) is 2.58. The summed E-state index contributed by atoms with van der Waals surface area (Å²) in [5.74, 6) is 0.452. The minimum absolute atomic E-state index is 0.214. The van der Waals surface area contributed by atoms with Crippen molar-refractivity contribution in [2.45, 2.75) is 19.5 Å². The summed E-state index contributed by atoms with van der Waals surface area (Å²) in [4.78, 5) is 8.22. The van der Waals surface area contributed by atoms with Crippen molar-refractivity contribution in [1.29, 1.82) is 0 Å². The Morgan fingerprint density at radius 2 is 1.84 bits per heavy atom. The quantitative estimate of drug-likeness (QED) is 0.616. The second-order valence-electron chi connectivity index (χ2n) is 4.96. The van der Waals surface area contributed by atoms with Gasteiger partial charge in [0.1, 0.15) is 5.75 Å². The van der Waals surface area contributed by atoms with Crippen LogP contribution in [0.3, 0.4) is 0 Å². The highest BCUT2D eigenvalue weighted by molar-refractivity contribution is 5.77. The lowest BCUT2D eigenvalue weighted by atomic mass is 10.2. The number of rotatable bonds is 6.